The van der Waals surface area contributed by atoms with E-state index < -0.39 is 0 Å². The predicted molar refractivity (Wildman–Crippen MR) is 82.5 cm³/mol. The molecule has 0 aliphatic carbocycles. The Bertz CT molecular complexity index is 733. The number of oxazole rings is 1. The van der Waals surface area contributed by atoms with Gasteiger partial charge in [-0.15, -0.1) is 0 Å². The summed E-state index contributed by atoms with van der Waals surface area (Å²) in [5.74, 6) is 0.729. The van der Waals surface area contributed by atoms with Crippen LogP contribution in [0.3, 0.4) is 0 Å². The van der Waals surface area contributed by atoms with Crippen molar-refractivity contribution in [3.05, 3.63) is 72.2 Å². The van der Waals surface area contributed by atoms with E-state index in [1.54, 1.807) is 6.20 Å². The van der Waals surface area contributed by atoms with Crippen molar-refractivity contribution in [2.45, 2.75) is 13.2 Å². The highest BCUT2D eigenvalue weighted by Crippen LogP contribution is 2.22. The molecule has 1 N–H and O–H groups in total. The van der Waals surface area contributed by atoms with Gasteiger partial charge in [0.15, 0.2) is 12.2 Å². The molecule has 0 spiro atoms. The lowest BCUT2D eigenvalue weighted by atomic mass is 10.1. The number of aliphatic hydroxyl groups is 1. The fourth-order valence-corrected chi connectivity index (χ4v) is 2.00. The normalized spacial score (nSPS) is 11.1. The Balaban J connectivity index is 1.62. The number of nitrogens with zero attached hydrogens (tertiary/aromatic N) is 3. The third-order valence-electron chi connectivity index (χ3n) is 3.23. The Labute approximate surface area is 128 Å². The van der Waals surface area contributed by atoms with E-state index in [0.717, 1.165) is 28.1 Å². The highest BCUT2D eigenvalue weighted by Gasteiger charge is 2.00. The van der Waals surface area contributed by atoms with E-state index in [1.165, 1.54) is 6.39 Å². The second-order valence-corrected chi connectivity index (χ2v) is 4.79. The molecular formula is C17H15N3O2. The Hall–Kier alpha value is -2.79. The summed E-state index contributed by atoms with van der Waals surface area (Å²) in [7, 11) is 0. The van der Waals surface area contributed by atoms with Crippen molar-refractivity contribution in [1.82, 2.24) is 4.98 Å². The average molecular weight is 293 g/mol. The average Bonchev–Trinajstić information content (AvgIpc) is 3.11. The van der Waals surface area contributed by atoms with Gasteiger partial charge in [-0.3, -0.25) is 0 Å². The minimum atomic E-state index is 0.0549. The van der Waals surface area contributed by atoms with Crippen molar-refractivity contribution >= 4 is 5.69 Å². The van der Waals surface area contributed by atoms with Crippen molar-refractivity contribution in [1.29, 1.82) is 0 Å². The summed E-state index contributed by atoms with van der Waals surface area (Å²) >= 11 is 0. The third-order valence-corrected chi connectivity index (χ3v) is 3.23. The van der Waals surface area contributed by atoms with Crippen LogP contribution in [-0.2, 0) is 13.2 Å². The summed E-state index contributed by atoms with van der Waals surface area (Å²) in [6.07, 6.45) is 3.08. The summed E-state index contributed by atoms with van der Waals surface area (Å²) in [5, 5.41) is 17.4. The molecule has 1 heterocycles. The molecule has 5 nitrogen and oxygen atoms in total. The van der Waals surface area contributed by atoms with Crippen LogP contribution >= 0.6 is 0 Å². The molecule has 0 saturated heterocycles. The zero-order chi connectivity index (χ0) is 15.2. The molecule has 0 saturated carbocycles. The van der Waals surface area contributed by atoms with Gasteiger partial charge in [-0.25, -0.2) is 4.98 Å². The molecular weight excluding hydrogens is 278 g/mol. The quantitative estimate of drug-likeness (QED) is 0.719. The van der Waals surface area contributed by atoms with E-state index in [2.05, 4.69) is 15.2 Å². The van der Waals surface area contributed by atoms with Gasteiger partial charge < -0.3 is 9.52 Å². The second-order valence-electron chi connectivity index (χ2n) is 4.79. The summed E-state index contributed by atoms with van der Waals surface area (Å²) in [6.45, 7) is 0.564. The number of hydrogen-bond acceptors (Lipinski definition) is 5. The first-order chi connectivity index (χ1) is 10.8. The van der Waals surface area contributed by atoms with E-state index in [1.807, 2.05) is 48.5 Å². The summed E-state index contributed by atoms with van der Waals surface area (Å²) in [4.78, 5) is 3.89. The lowest BCUT2D eigenvalue weighted by molar-refractivity contribution is 0.282. The lowest BCUT2D eigenvalue weighted by Crippen LogP contribution is -1.84. The van der Waals surface area contributed by atoms with Gasteiger partial charge in [-0.2, -0.15) is 10.2 Å². The maximum absolute atomic E-state index is 8.99. The summed E-state index contributed by atoms with van der Waals surface area (Å²) < 4.78 is 5.23. The van der Waals surface area contributed by atoms with Gasteiger partial charge in [-0.1, -0.05) is 24.3 Å². The van der Waals surface area contributed by atoms with Gasteiger partial charge in [0.05, 0.1) is 25.0 Å². The molecule has 0 aliphatic heterocycles. The van der Waals surface area contributed by atoms with Crippen LogP contribution in [0.5, 0.6) is 0 Å². The largest absolute Gasteiger partial charge is 0.444 e. The molecule has 0 fully saturated rings. The molecule has 0 bridgehead atoms. The number of azo groups is 1. The maximum Gasteiger partial charge on any atom is 0.181 e. The van der Waals surface area contributed by atoms with Crippen molar-refractivity contribution in [3.8, 4) is 11.3 Å². The number of aliphatic hydroxyl groups excluding tert-OH is 1. The van der Waals surface area contributed by atoms with Crippen LogP contribution < -0.4 is 0 Å². The fourth-order valence-electron chi connectivity index (χ4n) is 2.00. The van der Waals surface area contributed by atoms with Crippen LogP contribution in [0.4, 0.5) is 5.69 Å². The molecule has 0 amide bonds. The van der Waals surface area contributed by atoms with Crippen molar-refractivity contribution in [3.63, 3.8) is 0 Å². The van der Waals surface area contributed by atoms with Crippen molar-refractivity contribution < 1.29 is 9.52 Å². The first-order valence-corrected chi connectivity index (χ1v) is 6.90. The molecule has 0 atom stereocenters. The van der Waals surface area contributed by atoms with Crippen LogP contribution in [-0.4, -0.2) is 10.1 Å². The standard InChI is InChI=1S/C17H15N3O2/c21-11-14-3-1-13(2-4-14)9-19-20-16-7-5-15(6-8-16)17-10-18-12-22-17/h1-8,10,12,21H,9,11H2. The van der Waals surface area contributed by atoms with Gasteiger partial charge in [0, 0.05) is 5.56 Å². The van der Waals surface area contributed by atoms with Crippen LogP contribution in [0.15, 0.2) is 75.8 Å². The first kappa shape index (κ1) is 14.2. The molecule has 0 aliphatic rings. The second kappa shape index (κ2) is 6.78. The monoisotopic (exact) mass is 293 g/mol. The molecule has 3 rings (SSSR count). The van der Waals surface area contributed by atoms with Crippen LogP contribution in [0.25, 0.3) is 11.3 Å². The van der Waals surface area contributed by atoms with Crippen LogP contribution in [0.2, 0.25) is 0 Å². The molecule has 110 valence electrons. The molecule has 0 unspecified atom stereocenters. The predicted octanol–water partition coefficient (Wildman–Crippen LogP) is 4.12. The molecule has 22 heavy (non-hydrogen) atoms. The van der Waals surface area contributed by atoms with Gasteiger partial charge in [0.2, 0.25) is 0 Å². The van der Waals surface area contributed by atoms with Crippen LogP contribution in [0, 0.1) is 0 Å². The Morgan fingerprint density at radius 3 is 2.32 bits per heavy atom. The summed E-state index contributed by atoms with van der Waals surface area (Å²) in [5.41, 5.74) is 3.69. The SMILES string of the molecule is OCc1ccc(CN=Nc2ccc(-c3cnco3)cc2)cc1. The zero-order valence-corrected chi connectivity index (χ0v) is 11.9. The van der Waals surface area contributed by atoms with Crippen molar-refractivity contribution in [2.75, 3.05) is 0 Å². The molecule has 2 aromatic carbocycles. The zero-order valence-electron chi connectivity index (χ0n) is 11.9. The highest BCUT2D eigenvalue weighted by molar-refractivity contribution is 5.59. The topological polar surface area (TPSA) is 71.0 Å². The maximum atomic E-state index is 8.99. The van der Waals surface area contributed by atoms with E-state index >= 15 is 0 Å². The smallest absolute Gasteiger partial charge is 0.181 e. The third kappa shape index (κ3) is 3.45. The minimum absolute atomic E-state index is 0.0549. The molecule has 5 heteroatoms. The Kier molecular flexibility index (Phi) is 4.36. The van der Waals surface area contributed by atoms with Gasteiger partial charge in [-0.05, 0) is 35.4 Å². The van der Waals surface area contributed by atoms with Crippen LogP contribution in [0.1, 0.15) is 11.1 Å². The number of benzene rings is 2. The first-order valence-electron chi connectivity index (χ1n) is 6.90. The number of aromatic nitrogens is 1. The van der Waals surface area contributed by atoms with Crippen molar-refractivity contribution in [2.24, 2.45) is 10.2 Å². The fraction of sp³-hybridized carbons (Fsp3) is 0.118. The van der Waals surface area contributed by atoms with Gasteiger partial charge in [0.25, 0.3) is 0 Å². The van der Waals surface area contributed by atoms with Gasteiger partial charge >= 0.3 is 0 Å². The van der Waals surface area contributed by atoms with Gasteiger partial charge in [0.1, 0.15) is 0 Å². The number of rotatable bonds is 5. The van der Waals surface area contributed by atoms with E-state index in [9.17, 15) is 0 Å². The molecule has 3 aromatic rings. The Morgan fingerprint density at radius 2 is 1.68 bits per heavy atom. The number of hydrogen-bond donors (Lipinski definition) is 1. The van der Waals surface area contributed by atoms with E-state index in [-0.39, 0.29) is 6.61 Å². The molecule has 1 aromatic heterocycles. The highest BCUT2D eigenvalue weighted by atomic mass is 16.3. The molecule has 0 radical (unpaired) electrons. The minimum Gasteiger partial charge on any atom is -0.444 e. The van der Waals surface area contributed by atoms with E-state index in [4.69, 9.17) is 9.52 Å². The lowest BCUT2D eigenvalue weighted by Gasteiger charge is -1.99. The van der Waals surface area contributed by atoms with E-state index in [0.29, 0.717) is 6.54 Å². The summed E-state index contributed by atoms with van der Waals surface area (Å²) in [6, 6.07) is 15.3. The Morgan fingerprint density at radius 1 is 0.955 bits per heavy atom.